The van der Waals surface area contributed by atoms with E-state index in [1.54, 1.807) is 18.7 Å². The average Bonchev–Trinajstić information content (AvgIpc) is 3.48. The number of carbonyl (C=O) groups is 2. The number of hydrogen-bond acceptors (Lipinski definition) is 9. The number of rotatable bonds is 8. The lowest BCUT2D eigenvalue weighted by atomic mass is 9.88. The zero-order chi connectivity index (χ0) is 36.2. The summed E-state index contributed by atoms with van der Waals surface area (Å²) in [5, 5.41) is 17.3. The Bertz CT molecular complexity index is 2120. The highest BCUT2D eigenvalue weighted by atomic mass is 32.5. The second-order valence-corrected chi connectivity index (χ2v) is 14.7. The third kappa shape index (κ3) is 6.60. The Kier molecular flexibility index (Phi) is 8.19. The van der Waals surface area contributed by atoms with E-state index in [4.69, 9.17) is 0 Å². The number of piperazine rings is 1. The fourth-order valence-electron chi connectivity index (χ4n) is 6.02. The SMILES string of the molecule is CCc1c(N2CCN(C(=O)c3ncnc(C)c3O)CC2)c(=O)n2nc(C(C)=C3CCC3)nc2n1CC(=O)Nc1ccc(S(F)(F)(F)(F)F)cc1. The van der Waals surface area contributed by atoms with Gasteiger partial charge in [-0.1, -0.05) is 31.9 Å². The Labute approximate surface area is 282 Å². The molecule has 0 radical (unpaired) electrons. The van der Waals surface area contributed by atoms with Crippen LogP contribution in [-0.2, 0) is 17.8 Å². The molecule has 19 heteroatoms. The zero-order valence-corrected chi connectivity index (χ0v) is 28.1. The number of fused-ring (bicyclic) bond motifs is 1. The van der Waals surface area contributed by atoms with Gasteiger partial charge < -0.3 is 24.8 Å². The van der Waals surface area contributed by atoms with Crippen LogP contribution in [0.3, 0.4) is 0 Å². The van der Waals surface area contributed by atoms with E-state index < -0.39 is 39.0 Å². The maximum absolute atomic E-state index is 14.1. The summed E-state index contributed by atoms with van der Waals surface area (Å²) < 4.78 is 68.7. The minimum atomic E-state index is -9.90. The summed E-state index contributed by atoms with van der Waals surface area (Å²) in [6.45, 7) is 5.50. The Morgan fingerprint density at radius 2 is 1.66 bits per heavy atom. The van der Waals surface area contributed by atoms with E-state index in [1.807, 2.05) is 6.92 Å². The van der Waals surface area contributed by atoms with Crippen molar-refractivity contribution in [1.29, 1.82) is 0 Å². The summed E-state index contributed by atoms with van der Waals surface area (Å²) in [6.07, 6.45) is 4.20. The van der Waals surface area contributed by atoms with Gasteiger partial charge in [-0.25, -0.2) is 9.97 Å². The number of carbonyl (C=O) groups excluding carboxylic acids is 2. The molecule has 1 aliphatic heterocycles. The van der Waals surface area contributed by atoms with Gasteiger partial charge in [0.2, 0.25) is 11.7 Å². The molecule has 2 fully saturated rings. The molecule has 1 aliphatic carbocycles. The number of aryl methyl sites for hydroxylation is 1. The first-order valence-electron chi connectivity index (χ1n) is 15.8. The second kappa shape index (κ2) is 11.8. The van der Waals surface area contributed by atoms with Gasteiger partial charge in [0.15, 0.2) is 17.3 Å². The monoisotopic (exact) mass is 723 g/mol. The molecule has 0 bridgehead atoms. The summed E-state index contributed by atoms with van der Waals surface area (Å²) in [7, 11) is -9.90. The highest BCUT2D eigenvalue weighted by Gasteiger charge is 2.65. The van der Waals surface area contributed by atoms with Crippen LogP contribution in [0, 0.1) is 6.92 Å². The molecule has 2 N–H and O–H groups in total. The third-order valence-electron chi connectivity index (χ3n) is 8.96. The van der Waals surface area contributed by atoms with Gasteiger partial charge in [0, 0.05) is 31.9 Å². The van der Waals surface area contributed by atoms with Gasteiger partial charge in [0.1, 0.15) is 23.5 Å². The van der Waals surface area contributed by atoms with Crippen LogP contribution >= 0.6 is 10.2 Å². The predicted molar refractivity (Wildman–Crippen MR) is 176 cm³/mol. The first-order chi connectivity index (χ1) is 23.4. The van der Waals surface area contributed by atoms with Crippen molar-refractivity contribution in [2.75, 3.05) is 36.4 Å². The smallest absolute Gasteiger partial charge is 0.310 e. The number of nitrogens with zero attached hydrogens (tertiary/aromatic N) is 8. The Hall–Kier alpha value is -5.07. The lowest BCUT2D eigenvalue weighted by molar-refractivity contribution is -0.116. The van der Waals surface area contributed by atoms with Gasteiger partial charge in [0.25, 0.3) is 11.5 Å². The fourth-order valence-corrected chi connectivity index (χ4v) is 6.67. The number of amides is 2. The molecule has 4 heterocycles. The van der Waals surface area contributed by atoms with Gasteiger partial charge in [-0.05, 0) is 69.4 Å². The van der Waals surface area contributed by atoms with E-state index in [-0.39, 0.29) is 79.0 Å². The van der Waals surface area contributed by atoms with E-state index in [1.165, 1.54) is 15.8 Å². The predicted octanol–water partition coefficient (Wildman–Crippen LogP) is 5.47. The van der Waals surface area contributed by atoms with Crippen LogP contribution in [0.15, 0.2) is 45.9 Å². The van der Waals surface area contributed by atoms with Crippen molar-refractivity contribution in [3.63, 3.8) is 0 Å². The number of hydrogen-bond donors (Lipinski definition) is 2. The Balaban J connectivity index is 1.34. The largest absolute Gasteiger partial charge is 0.504 e. The minimum Gasteiger partial charge on any atom is -0.504 e. The van der Waals surface area contributed by atoms with Gasteiger partial charge >= 0.3 is 10.2 Å². The molecule has 1 saturated heterocycles. The second-order valence-electron chi connectivity index (χ2n) is 12.2. The first kappa shape index (κ1) is 34.8. The van der Waals surface area contributed by atoms with E-state index >= 15 is 0 Å². The first-order valence-corrected chi connectivity index (χ1v) is 17.7. The molecular weight excluding hydrogens is 689 g/mol. The van der Waals surface area contributed by atoms with Crippen molar-refractivity contribution in [2.24, 2.45) is 0 Å². The summed E-state index contributed by atoms with van der Waals surface area (Å²) >= 11 is 0. The van der Waals surface area contributed by atoms with E-state index in [0.717, 1.165) is 47.1 Å². The summed E-state index contributed by atoms with van der Waals surface area (Å²) in [4.78, 5) is 54.3. The standard InChI is InChI=1S/C31H34F5N9O4S/c1-4-23-26(42-12-14-43(15-13-42)29(48)25-27(47)19(3)37-17-38-25)30(49)45-31(40-28(41-45)18(2)20-6-5-7-20)44(23)16-24(46)39-21-8-10-22(11-9-21)50(32,33,34,35)36/h8-11,17,47H,4-7,12-16H2,1-3H3,(H,39,46). The number of halogens is 5. The molecule has 0 spiro atoms. The molecule has 13 nitrogen and oxygen atoms in total. The molecule has 6 rings (SSSR count). The normalized spacial score (nSPS) is 16.5. The van der Waals surface area contributed by atoms with Crippen LogP contribution in [0.25, 0.3) is 11.4 Å². The lowest BCUT2D eigenvalue weighted by Crippen LogP contribution is -2.51. The molecule has 0 atom stereocenters. The number of nitrogens with one attached hydrogen (secondary N) is 1. The van der Waals surface area contributed by atoms with Crippen LogP contribution in [0.5, 0.6) is 5.75 Å². The summed E-state index contributed by atoms with van der Waals surface area (Å²) in [6, 6.07) is 1.91. The van der Waals surface area contributed by atoms with Crippen molar-refractivity contribution < 1.29 is 34.1 Å². The van der Waals surface area contributed by atoms with E-state index in [0.29, 0.717) is 11.5 Å². The molecule has 3 aromatic heterocycles. The highest BCUT2D eigenvalue weighted by Crippen LogP contribution is 3.02. The van der Waals surface area contributed by atoms with Crippen LogP contribution in [0.4, 0.5) is 30.8 Å². The molecule has 1 saturated carbocycles. The molecule has 268 valence electrons. The maximum Gasteiger partial charge on any atom is 0.310 e. The van der Waals surface area contributed by atoms with Crippen molar-refractivity contribution in [3.05, 3.63) is 69.4 Å². The maximum atomic E-state index is 14.1. The topological polar surface area (TPSA) is 151 Å². The Morgan fingerprint density at radius 1 is 1.00 bits per heavy atom. The molecule has 50 heavy (non-hydrogen) atoms. The van der Waals surface area contributed by atoms with Gasteiger partial charge in [-0.15, -0.1) is 5.10 Å². The average molecular weight is 724 g/mol. The van der Waals surface area contributed by atoms with Crippen molar-refractivity contribution in [3.8, 4) is 5.75 Å². The van der Waals surface area contributed by atoms with Crippen LogP contribution < -0.4 is 15.8 Å². The number of benzene rings is 1. The van der Waals surface area contributed by atoms with Crippen LogP contribution in [0.2, 0.25) is 0 Å². The summed E-state index contributed by atoms with van der Waals surface area (Å²) in [5.41, 5.74) is 2.09. The number of aromatic nitrogens is 6. The lowest BCUT2D eigenvalue weighted by Gasteiger charge is -2.40. The molecule has 2 aliphatic rings. The highest BCUT2D eigenvalue weighted by molar-refractivity contribution is 8.45. The number of aromatic hydroxyl groups is 1. The summed E-state index contributed by atoms with van der Waals surface area (Å²) in [5.74, 6) is -1.15. The van der Waals surface area contributed by atoms with Gasteiger partial charge in [0.05, 0.1) is 11.4 Å². The molecule has 1 aromatic carbocycles. The van der Waals surface area contributed by atoms with Crippen molar-refractivity contribution >= 4 is 44.8 Å². The van der Waals surface area contributed by atoms with Crippen LogP contribution in [-0.4, -0.2) is 77.1 Å². The number of allylic oxidation sites excluding steroid dienone is 2. The van der Waals surface area contributed by atoms with Crippen LogP contribution in [0.1, 0.15) is 60.8 Å². The molecule has 4 aromatic rings. The fraction of sp³-hybridized carbons (Fsp3) is 0.387. The molecule has 2 amide bonds. The number of anilines is 2. The van der Waals surface area contributed by atoms with Gasteiger partial charge in [-0.2, -0.15) is 9.50 Å². The minimum absolute atomic E-state index is 0.0692. The van der Waals surface area contributed by atoms with Crippen molar-refractivity contribution in [2.45, 2.75) is 57.9 Å². The molecule has 0 unspecified atom stereocenters. The zero-order valence-electron chi connectivity index (χ0n) is 27.3. The molecular formula is C31H34F5N9O4S. The van der Waals surface area contributed by atoms with Crippen molar-refractivity contribution in [1.82, 2.24) is 34.0 Å². The Morgan fingerprint density at radius 3 is 2.24 bits per heavy atom. The van der Waals surface area contributed by atoms with E-state index in [2.05, 4.69) is 25.4 Å². The quantitative estimate of drug-likeness (QED) is 0.226. The van der Waals surface area contributed by atoms with Gasteiger partial charge in [-0.3, -0.25) is 14.4 Å². The van der Waals surface area contributed by atoms with E-state index in [9.17, 15) is 38.9 Å². The third-order valence-corrected chi connectivity index (χ3v) is 10.1.